The molecule has 1 N–H and O–H groups in total. The molecule has 276 valence electrons. The predicted molar refractivity (Wildman–Crippen MR) is 217 cm³/mol. The lowest BCUT2D eigenvalue weighted by Gasteiger charge is -2.36. The zero-order valence-corrected chi connectivity index (χ0v) is 32.4. The Kier molecular flexibility index (Phi) is 9.96. The third-order valence-electron chi connectivity index (χ3n) is 12.0. The van der Waals surface area contributed by atoms with E-state index in [4.69, 9.17) is 9.47 Å². The van der Waals surface area contributed by atoms with Gasteiger partial charge in [-0.2, -0.15) is 0 Å². The second-order valence-corrected chi connectivity index (χ2v) is 20.1. The van der Waals surface area contributed by atoms with Crippen molar-refractivity contribution in [2.24, 2.45) is 5.92 Å². The number of aliphatic hydroxyl groups excluding tert-OH is 1. The smallest absolute Gasteiger partial charge is 0.263 e. The minimum atomic E-state index is -2.03. The van der Waals surface area contributed by atoms with Gasteiger partial charge in [0.05, 0.1) is 56.9 Å². The average Bonchev–Trinajstić information content (AvgIpc) is 3.89. The Hall–Kier alpha value is -5.09. The molecule has 5 atom stereocenters. The molecular formula is C45H48N4O4Si. The van der Waals surface area contributed by atoms with Crippen LogP contribution < -0.4 is 14.8 Å². The van der Waals surface area contributed by atoms with E-state index in [2.05, 4.69) is 91.0 Å². The number of anilines is 2. The molecule has 1 saturated heterocycles. The molecule has 54 heavy (non-hydrogen) atoms. The topological polar surface area (TPSA) is 89.7 Å². The highest BCUT2D eigenvalue weighted by Gasteiger charge is 2.50. The molecule has 6 aromatic rings. The number of benzene rings is 5. The van der Waals surface area contributed by atoms with E-state index in [1.54, 1.807) is 7.11 Å². The van der Waals surface area contributed by atoms with Crippen LogP contribution in [0, 0.1) is 5.92 Å². The molecule has 0 radical (unpaired) electrons. The number of methoxy groups -OCH3 is 1. The van der Waals surface area contributed by atoms with Gasteiger partial charge in [0.15, 0.2) is 0 Å². The summed E-state index contributed by atoms with van der Waals surface area (Å²) in [7, 11) is -0.321. The van der Waals surface area contributed by atoms with Gasteiger partial charge in [0.25, 0.3) is 5.91 Å². The van der Waals surface area contributed by atoms with Crippen LogP contribution in [-0.4, -0.2) is 60.0 Å². The van der Waals surface area contributed by atoms with Crippen molar-refractivity contribution in [1.82, 2.24) is 15.0 Å². The molecule has 2 aliphatic rings. The Morgan fingerprint density at radius 1 is 0.870 bits per heavy atom. The maximum absolute atomic E-state index is 13.5. The molecule has 9 heteroatoms. The predicted octanol–water partition coefficient (Wildman–Crippen LogP) is 8.27. The Labute approximate surface area is 318 Å². The third kappa shape index (κ3) is 6.65. The number of carbonyl (C=O) groups is 1. The van der Waals surface area contributed by atoms with Gasteiger partial charge in [0.1, 0.15) is 5.75 Å². The Bertz CT molecular complexity index is 2230. The van der Waals surface area contributed by atoms with Gasteiger partial charge in [-0.05, 0) is 83.6 Å². The molecule has 8 rings (SSSR count). The number of nitrogens with zero attached hydrogens (tertiary/aromatic N) is 4. The van der Waals surface area contributed by atoms with Crippen LogP contribution in [0.2, 0.25) is 18.6 Å². The van der Waals surface area contributed by atoms with Crippen LogP contribution in [0.15, 0.2) is 121 Å². The summed E-state index contributed by atoms with van der Waals surface area (Å²) in [6.45, 7) is 7.99. The van der Waals surface area contributed by atoms with E-state index in [1.807, 2.05) is 70.4 Å². The number of aryl methyl sites for hydroxylation is 2. The SMILES string of the molecule is COc1ccc([Si](C)(C)[C@H]2[C@H](C)[C@H](CCc3ccc(N4C(=O)c5cccc6cccc4c56)cc3)O[C@@H]2CCn2cc(C(CO)c3ccccc3)nn2)cc1. The first kappa shape index (κ1) is 35.9. The second kappa shape index (κ2) is 15.0. The highest BCUT2D eigenvalue weighted by molar-refractivity contribution is 6.91. The number of aliphatic hydroxyl groups is 1. The first-order valence-corrected chi connectivity index (χ1v) is 22.2. The quantitative estimate of drug-likeness (QED) is 0.120. The molecule has 0 saturated carbocycles. The normalized spacial score (nSPS) is 20.2. The Morgan fingerprint density at radius 3 is 2.33 bits per heavy atom. The molecule has 8 nitrogen and oxygen atoms in total. The minimum Gasteiger partial charge on any atom is -0.497 e. The van der Waals surface area contributed by atoms with Gasteiger partial charge in [-0.15, -0.1) is 5.10 Å². The van der Waals surface area contributed by atoms with Gasteiger partial charge in [0.2, 0.25) is 0 Å². The summed E-state index contributed by atoms with van der Waals surface area (Å²) in [6, 6.07) is 39.2. The van der Waals surface area contributed by atoms with Crippen LogP contribution in [0.25, 0.3) is 10.8 Å². The van der Waals surface area contributed by atoms with Crippen LogP contribution in [-0.2, 0) is 17.7 Å². The fourth-order valence-electron chi connectivity index (χ4n) is 9.11. The highest BCUT2D eigenvalue weighted by atomic mass is 28.3. The van der Waals surface area contributed by atoms with Gasteiger partial charge in [0, 0.05) is 23.8 Å². The molecule has 5 aromatic carbocycles. The van der Waals surface area contributed by atoms with Crippen LogP contribution in [0.1, 0.15) is 52.9 Å². The molecule has 1 amide bonds. The van der Waals surface area contributed by atoms with Gasteiger partial charge in [-0.1, -0.05) is 109 Å². The van der Waals surface area contributed by atoms with Gasteiger partial charge >= 0.3 is 0 Å². The Balaban J connectivity index is 0.986. The van der Waals surface area contributed by atoms with Gasteiger partial charge in [-0.25, -0.2) is 0 Å². The number of ether oxygens (including phenoxy) is 2. The van der Waals surface area contributed by atoms with E-state index in [0.717, 1.165) is 64.0 Å². The van der Waals surface area contributed by atoms with E-state index in [-0.39, 0.29) is 30.6 Å². The first-order valence-electron chi connectivity index (χ1n) is 19.1. The third-order valence-corrected chi connectivity index (χ3v) is 16.4. The summed E-state index contributed by atoms with van der Waals surface area (Å²) in [5.41, 5.74) is 6.01. The van der Waals surface area contributed by atoms with E-state index < -0.39 is 8.07 Å². The minimum absolute atomic E-state index is 0.0231. The van der Waals surface area contributed by atoms with E-state index >= 15 is 0 Å². The summed E-state index contributed by atoms with van der Waals surface area (Å²) in [5.74, 6) is 1.04. The fraction of sp³-hybridized carbons (Fsp3) is 0.311. The van der Waals surface area contributed by atoms with Crippen molar-refractivity contribution in [2.75, 3.05) is 18.6 Å². The van der Waals surface area contributed by atoms with Crippen LogP contribution in [0.5, 0.6) is 5.75 Å². The van der Waals surface area contributed by atoms with Gasteiger partial charge < -0.3 is 14.6 Å². The molecule has 0 aliphatic carbocycles. The molecule has 2 aliphatic heterocycles. The average molecular weight is 737 g/mol. The highest BCUT2D eigenvalue weighted by Crippen LogP contribution is 2.47. The maximum atomic E-state index is 13.5. The molecule has 0 spiro atoms. The van der Waals surface area contributed by atoms with E-state index in [0.29, 0.717) is 18.0 Å². The lowest BCUT2D eigenvalue weighted by Crippen LogP contribution is -2.50. The summed E-state index contributed by atoms with van der Waals surface area (Å²) in [6.07, 6.45) is 4.78. The van der Waals surface area contributed by atoms with E-state index in [9.17, 15) is 9.90 Å². The van der Waals surface area contributed by atoms with Crippen molar-refractivity contribution in [1.29, 1.82) is 0 Å². The lowest BCUT2D eigenvalue weighted by molar-refractivity contribution is 0.0250. The number of amides is 1. The zero-order valence-electron chi connectivity index (χ0n) is 31.4. The summed E-state index contributed by atoms with van der Waals surface area (Å²) in [5, 5.41) is 22.7. The largest absolute Gasteiger partial charge is 0.497 e. The van der Waals surface area contributed by atoms with Crippen molar-refractivity contribution in [3.63, 3.8) is 0 Å². The maximum Gasteiger partial charge on any atom is 0.263 e. The standard InChI is InChI=1S/C45H48N4O4Si/c1-30-41(25-18-31-16-19-34(20-17-31)49-40-15-9-13-33-12-8-14-37(43(33)40)45(49)51)53-42(44(30)54(3,4)36-23-21-35(52-2)22-24-36)26-27-48-28-39(46-47-48)38(29-50)32-10-6-5-7-11-32/h5-17,19-24,28,30,38,41-42,44,50H,18,25-27,29H2,1-4H3/t30-,38?,41+,42-,44+/m1/s1. The summed E-state index contributed by atoms with van der Waals surface area (Å²) < 4.78 is 14.5. The second-order valence-electron chi connectivity index (χ2n) is 15.4. The van der Waals surface area contributed by atoms with Crippen LogP contribution in [0.4, 0.5) is 11.4 Å². The van der Waals surface area contributed by atoms with Gasteiger partial charge in [-0.3, -0.25) is 14.4 Å². The van der Waals surface area contributed by atoms with Crippen molar-refractivity contribution in [2.45, 2.75) is 69.5 Å². The van der Waals surface area contributed by atoms with Crippen molar-refractivity contribution in [3.05, 3.63) is 144 Å². The lowest BCUT2D eigenvalue weighted by atomic mass is 9.95. The molecule has 1 fully saturated rings. The summed E-state index contributed by atoms with van der Waals surface area (Å²) >= 11 is 0. The molecule has 1 aromatic heterocycles. The van der Waals surface area contributed by atoms with Crippen molar-refractivity contribution >= 4 is 41.3 Å². The number of hydrogen-bond donors (Lipinski definition) is 1. The van der Waals surface area contributed by atoms with Crippen molar-refractivity contribution in [3.8, 4) is 5.75 Å². The molecular weight excluding hydrogens is 689 g/mol. The number of hydrogen-bond acceptors (Lipinski definition) is 6. The van der Waals surface area contributed by atoms with Crippen molar-refractivity contribution < 1.29 is 19.4 Å². The van der Waals surface area contributed by atoms with E-state index in [1.165, 1.54) is 10.8 Å². The van der Waals surface area contributed by atoms with Crippen LogP contribution in [0.3, 0.4) is 0 Å². The number of rotatable bonds is 13. The zero-order chi connectivity index (χ0) is 37.4. The Morgan fingerprint density at radius 2 is 1.61 bits per heavy atom. The first-order chi connectivity index (χ1) is 26.3. The molecule has 3 heterocycles. The van der Waals surface area contributed by atoms with Crippen LogP contribution >= 0.6 is 0 Å². The monoisotopic (exact) mass is 736 g/mol. The fourth-order valence-corrected chi connectivity index (χ4v) is 13.2. The molecule has 1 unspecified atom stereocenters. The number of aromatic nitrogens is 3. The number of carbonyl (C=O) groups excluding carboxylic acids is 1. The summed E-state index contributed by atoms with van der Waals surface area (Å²) in [4.78, 5) is 15.4. The molecule has 0 bridgehead atoms.